The first-order valence-corrected chi connectivity index (χ1v) is 8.52. The monoisotopic (exact) mass is 325 g/mol. The molecule has 2 aromatic rings. The van der Waals surface area contributed by atoms with Crippen molar-refractivity contribution in [3.05, 3.63) is 58.4 Å². The van der Waals surface area contributed by atoms with Gasteiger partial charge in [0.15, 0.2) is 0 Å². The van der Waals surface area contributed by atoms with Gasteiger partial charge in [0, 0.05) is 30.4 Å². The molecule has 0 fully saturated rings. The van der Waals surface area contributed by atoms with E-state index in [4.69, 9.17) is 0 Å². The summed E-state index contributed by atoms with van der Waals surface area (Å²) in [5.41, 5.74) is 5.54. The number of aromatic nitrogens is 2. The van der Waals surface area contributed by atoms with Crippen molar-refractivity contribution < 1.29 is 4.79 Å². The molecule has 0 aliphatic carbocycles. The highest BCUT2D eigenvalue weighted by molar-refractivity contribution is 5.92. The third-order valence-electron chi connectivity index (χ3n) is 4.36. The minimum atomic E-state index is 0.0464. The van der Waals surface area contributed by atoms with E-state index >= 15 is 0 Å². The molecule has 0 atom stereocenters. The molecule has 1 aromatic carbocycles. The summed E-state index contributed by atoms with van der Waals surface area (Å²) >= 11 is 0. The van der Waals surface area contributed by atoms with E-state index in [2.05, 4.69) is 43.2 Å². The van der Waals surface area contributed by atoms with E-state index in [9.17, 15) is 4.79 Å². The Morgan fingerprint density at radius 1 is 1.12 bits per heavy atom. The van der Waals surface area contributed by atoms with Gasteiger partial charge < -0.3 is 4.90 Å². The average molecular weight is 325 g/mol. The van der Waals surface area contributed by atoms with Gasteiger partial charge in [0.25, 0.3) is 0 Å². The van der Waals surface area contributed by atoms with E-state index in [1.165, 1.54) is 11.1 Å². The number of likely N-dealkylation sites (N-methyl/N-ethyl adjacent to an activating group) is 1. The van der Waals surface area contributed by atoms with Crippen LogP contribution in [0.5, 0.6) is 0 Å². The average Bonchev–Trinajstić information content (AvgIpc) is 2.82. The number of carbonyl (C=O) groups excluding carboxylic acids is 1. The van der Waals surface area contributed by atoms with Gasteiger partial charge in [-0.1, -0.05) is 29.8 Å². The number of rotatable bonds is 6. The molecule has 0 saturated carbocycles. The van der Waals surface area contributed by atoms with Crippen molar-refractivity contribution in [2.24, 2.45) is 0 Å². The second kappa shape index (κ2) is 7.95. The molecule has 1 amide bonds. The summed E-state index contributed by atoms with van der Waals surface area (Å²) in [7, 11) is 0. The molecule has 128 valence electrons. The number of hydrogen-bond acceptors (Lipinski definition) is 2. The Kier molecular flexibility index (Phi) is 5.96. The predicted molar refractivity (Wildman–Crippen MR) is 98.9 cm³/mol. The number of nitrogens with zero attached hydrogens (tertiary/aromatic N) is 3. The Labute approximate surface area is 144 Å². The lowest BCUT2D eigenvalue weighted by atomic mass is 10.1. The fourth-order valence-corrected chi connectivity index (χ4v) is 2.77. The largest absolute Gasteiger partial charge is 0.340 e. The molecular weight excluding hydrogens is 298 g/mol. The molecule has 1 heterocycles. The number of amides is 1. The van der Waals surface area contributed by atoms with E-state index in [0.29, 0.717) is 0 Å². The summed E-state index contributed by atoms with van der Waals surface area (Å²) in [6, 6.07) is 8.49. The van der Waals surface area contributed by atoms with Crippen LogP contribution in [0.25, 0.3) is 6.08 Å². The standard InChI is InChI=1S/C20H27N3O/c1-6-22(7-2)20(24)13-12-19-16(4)21-23(17(19)5)14-18-10-8-15(3)9-11-18/h8-13H,6-7,14H2,1-5H3/b13-12+. The third-order valence-corrected chi connectivity index (χ3v) is 4.36. The van der Waals surface area contributed by atoms with Crippen molar-refractivity contribution in [2.75, 3.05) is 13.1 Å². The van der Waals surface area contributed by atoms with E-state index in [1.54, 1.807) is 11.0 Å². The minimum absolute atomic E-state index is 0.0464. The summed E-state index contributed by atoms with van der Waals surface area (Å²) < 4.78 is 2.00. The smallest absolute Gasteiger partial charge is 0.246 e. The first-order chi connectivity index (χ1) is 11.5. The van der Waals surface area contributed by atoms with Gasteiger partial charge in [-0.2, -0.15) is 5.10 Å². The van der Waals surface area contributed by atoms with Crippen molar-refractivity contribution >= 4 is 12.0 Å². The van der Waals surface area contributed by atoms with Gasteiger partial charge in [-0.3, -0.25) is 9.48 Å². The van der Waals surface area contributed by atoms with Crippen molar-refractivity contribution in [2.45, 2.75) is 41.2 Å². The molecule has 2 rings (SSSR count). The fourth-order valence-electron chi connectivity index (χ4n) is 2.77. The predicted octanol–water partition coefficient (Wildman–Crippen LogP) is 3.74. The number of hydrogen-bond donors (Lipinski definition) is 0. The Balaban J connectivity index is 2.19. The van der Waals surface area contributed by atoms with Gasteiger partial charge in [0.05, 0.1) is 12.2 Å². The zero-order valence-corrected chi connectivity index (χ0v) is 15.3. The van der Waals surface area contributed by atoms with Crippen LogP contribution in [0.1, 0.15) is 41.9 Å². The van der Waals surface area contributed by atoms with Gasteiger partial charge in [-0.05, 0) is 46.3 Å². The highest BCUT2D eigenvalue weighted by Crippen LogP contribution is 2.17. The Morgan fingerprint density at radius 3 is 2.33 bits per heavy atom. The molecule has 0 bridgehead atoms. The zero-order valence-electron chi connectivity index (χ0n) is 15.3. The van der Waals surface area contributed by atoms with Crippen molar-refractivity contribution in [3.63, 3.8) is 0 Å². The van der Waals surface area contributed by atoms with Gasteiger partial charge >= 0.3 is 0 Å². The fraction of sp³-hybridized carbons (Fsp3) is 0.400. The van der Waals surface area contributed by atoms with Crippen LogP contribution in [0.15, 0.2) is 30.3 Å². The molecule has 0 unspecified atom stereocenters. The van der Waals surface area contributed by atoms with Crippen LogP contribution in [0.2, 0.25) is 0 Å². The molecule has 1 aromatic heterocycles. The van der Waals surface area contributed by atoms with E-state index < -0.39 is 0 Å². The molecule has 0 spiro atoms. The summed E-state index contributed by atoms with van der Waals surface area (Å²) in [4.78, 5) is 13.9. The first-order valence-electron chi connectivity index (χ1n) is 8.52. The van der Waals surface area contributed by atoms with Crippen LogP contribution in [0, 0.1) is 20.8 Å². The topological polar surface area (TPSA) is 38.1 Å². The third kappa shape index (κ3) is 4.13. The van der Waals surface area contributed by atoms with Gasteiger partial charge in [0.1, 0.15) is 0 Å². The van der Waals surface area contributed by atoms with E-state index in [-0.39, 0.29) is 5.91 Å². The lowest BCUT2D eigenvalue weighted by molar-refractivity contribution is -0.125. The van der Waals surface area contributed by atoms with E-state index in [1.807, 2.05) is 31.5 Å². The zero-order chi connectivity index (χ0) is 17.7. The van der Waals surface area contributed by atoms with Crippen LogP contribution in [0.3, 0.4) is 0 Å². The maximum atomic E-state index is 12.1. The lowest BCUT2D eigenvalue weighted by Crippen LogP contribution is -2.28. The highest BCUT2D eigenvalue weighted by atomic mass is 16.2. The van der Waals surface area contributed by atoms with Crippen molar-refractivity contribution in [1.29, 1.82) is 0 Å². The summed E-state index contributed by atoms with van der Waals surface area (Å²) in [6.07, 6.45) is 3.55. The molecule has 24 heavy (non-hydrogen) atoms. The maximum Gasteiger partial charge on any atom is 0.246 e. The second-order valence-corrected chi connectivity index (χ2v) is 6.07. The summed E-state index contributed by atoms with van der Waals surface area (Å²) in [6.45, 7) is 12.3. The van der Waals surface area contributed by atoms with Crippen molar-refractivity contribution in [3.8, 4) is 0 Å². The molecule has 0 N–H and O–H groups in total. The summed E-state index contributed by atoms with van der Waals surface area (Å²) in [5.74, 6) is 0.0464. The van der Waals surface area contributed by atoms with Crippen LogP contribution < -0.4 is 0 Å². The summed E-state index contributed by atoms with van der Waals surface area (Å²) in [5, 5.41) is 4.63. The molecule has 0 saturated heterocycles. The first kappa shape index (κ1) is 18.0. The van der Waals surface area contributed by atoms with Gasteiger partial charge in [-0.25, -0.2) is 0 Å². The van der Waals surface area contributed by atoms with E-state index in [0.717, 1.165) is 36.6 Å². The molecule has 0 aliphatic rings. The molecule has 4 nitrogen and oxygen atoms in total. The van der Waals surface area contributed by atoms with Crippen molar-refractivity contribution in [1.82, 2.24) is 14.7 Å². The quantitative estimate of drug-likeness (QED) is 0.759. The lowest BCUT2D eigenvalue weighted by Gasteiger charge is -2.15. The SMILES string of the molecule is CCN(CC)C(=O)/C=C/c1c(C)nn(Cc2ccc(C)cc2)c1C. The number of aryl methyl sites for hydroxylation is 2. The molecule has 0 radical (unpaired) electrons. The van der Waals surface area contributed by atoms with Crippen LogP contribution in [0.4, 0.5) is 0 Å². The van der Waals surface area contributed by atoms with Crippen LogP contribution in [-0.4, -0.2) is 33.7 Å². The van der Waals surface area contributed by atoms with Crippen LogP contribution >= 0.6 is 0 Å². The van der Waals surface area contributed by atoms with Gasteiger partial charge in [0.2, 0.25) is 5.91 Å². The van der Waals surface area contributed by atoms with Crippen LogP contribution in [-0.2, 0) is 11.3 Å². The minimum Gasteiger partial charge on any atom is -0.340 e. The Morgan fingerprint density at radius 2 is 1.75 bits per heavy atom. The highest BCUT2D eigenvalue weighted by Gasteiger charge is 2.11. The maximum absolute atomic E-state index is 12.1. The molecule has 0 aliphatic heterocycles. The molecule has 4 heteroatoms. The Hall–Kier alpha value is -2.36. The normalized spacial score (nSPS) is 11.2. The number of carbonyl (C=O) groups is 1. The Bertz CT molecular complexity index is 722. The second-order valence-electron chi connectivity index (χ2n) is 6.07. The molecular formula is C20H27N3O. The van der Waals surface area contributed by atoms with Gasteiger partial charge in [-0.15, -0.1) is 0 Å². The number of benzene rings is 1.